The highest BCUT2D eigenvalue weighted by Crippen LogP contribution is 2.33. The Morgan fingerprint density at radius 2 is 1.77 bits per heavy atom. The van der Waals surface area contributed by atoms with E-state index < -0.39 is 0 Å². The number of carbonyl (C=O) groups excluding carboxylic acids is 1. The van der Waals surface area contributed by atoms with Crippen LogP contribution in [0.3, 0.4) is 0 Å². The summed E-state index contributed by atoms with van der Waals surface area (Å²) in [5.41, 5.74) is 2.40. The van der Waals surface area contributed by atoms with Crippen molar-refractivity contribution in [3.05, 3.63) is 23.3 Å². The van der Waals surface area contributed by atoms with Crippen LogP contribution in [0.15, 0.2) is 12.1 Å². The second kappa shape index (κ2) is 6.57. The Kier molecular flexibility index (Phi) is 4.52. The van der Waals surface area contributed by atoms with Crippen molar-refractivity contribution in [2.75, 3.05) is 34.0 Å². The summed E-state index contributed by atoms with van der Waals surface area (Å²) in [6.45, 7) is 2.84. The number of ether oxygens (including phenoxy) is 3. The summed E-state index contributed by atoms with van der Waals surface area (Å²) in [6.07, 6.45) is 2.55. The molecule has 1 aromatic carbocycles. The number of carbonyl (C=O) groups is 1. The van der Waals surface area contributed by atoms with Crippen LogP contribution in [0.25, 0.3) is 0 Å². The van der Waals surface area contributed by atoms with Gasteiger partial charge in [-0.1, -0.05) is 0 Å². The Morgan fingerprint density at radius 3 is 2.41 bits per heavy atom. The number of fused-ring (bicyclic) bond motifs is 1. The minimum atomic E-state index is 0.121. The van der Waals surface area contributed by atoms with Gasteiger partial charge in [-0.15, -0.1) is 0 Å². The lowest BCUT2D eigenvalue weighted by molar-refractivity contribution is -0.139. The fraction of sp³-hybridized carbons (Fsp3) is 0.588. The Labute approximate surface area is 131 Å². The van der Waals surface area contributed by atoms with Gasteiger partial charge in [-0.25, -0.2) is 0 Å². The fourth-order valence-corrected chi connectivity index (χ4v) is 3.27. The van der Waals surface area contributed by atoms with E-state index >= 15 is 0 Å². The Balaban J connectivity index is 1.76. The molecule has 2 heterocycles. The maximum absolute atomic E-state index is 12.7. The van der Waals surface area contributed by atoms with Crippen molar-refractivity contribution in [3.8, 4) is 11.5 Å². The first-order valence-electron chi connectivity index (χ1n) is 7.83. The molecule has 22 heavy (non-hydrogen) atoms. The largest absolute Gasteiger partial charge is 0.493 e. The zero-order valence-electron chi connectivity index (χ0n) is 13.3. The zero-order chi connectivity index (χ0) is 15.5. The normalized spacial score (nSPS) is 18.7. The van der Waals surface area contributed by atoms with Gasteiger partial charge in [0.2, 0.25) is 5.91 Å². The molecule has 0 unspecified atom stereocenters. The predicted molar refractivity (Wildman–Crippen MR) is 82.2 cm³/mol. The van der Waals surface area contributed by atoms with Crippen LogP contribution in [-0.4, -0.2) is 44.8 Å². The summed E-state index contributed by atoms with van der Waals surface area (Å²) in [5, 5.41) is 0. The molecular weight excluding hydrogens is 282 g/mol. The molecule has 1 saturated heterocycles. The van der Waals surface area contributed by atoms with E-state index in [0.29, 0.717) is 19.8 Å². The first kappa shape index (κ1) is 15.2. The zero-order valence-corrected chi connectivity index (χ0v) is 13.3. The summed E-state index contributed by atoms with van der Waals surface area (Å²) in [6, 6.07) is 4.03. The van der Waals surface area contributed by atoms with E-state index in [9.17, 15) is 4.79 Å². The third kappa shape index (κ3) is 2.90. The van der Waals surface area contributed by atoms with E-state index in [1.165, 1.54) is 5.56 Å². The molecule has 0 spiro atoms. The number of rotatable bonds is 3. The maximum Gasteiger partial charge on any atom is 0.226 e. The molecule has 5 heteroatoms. The average molecular weight is 305 g/mol. The van der Waals surface area contributed by atoms with Crippen LogP contribution in [0.2, 0.25) is 0 Å². The topological polar surface area (TPSA) is 48.0 Å². The third-order valence-corrected chi connectivity index (χ3v) is 4.60. The monoisotopic (exact) mass is 305 g/mol. The van der Waals surface area contributed by atoms with Crippen LogP contribution in [0.5, 0.6) is 11.5 Å². The standard InChI is InChI=1S/C17H23NO4/c1-20-15-9-13-3-6-18(11-14(13)10-16(15)21-2)17(19)12-4-7-22-8-5-12/h9-10,12H,3-8,11H2,1-2H3. The average Bonchev–Trinajstić information content (AvgIpc) is 2.60. The molecule has 1 amide bonds. The summed E-state index contributed by atoms with van der Waals surface area (Å²) in [4.78, 5) is 14.6. The lowest BCUT2D eigenvalue weighted by Gasteiger charge is -2.33. The van der Waals surface area contributed by atoms with Crippen molar-refractivity contribution in [2.24, 2.45) is 5.92 Å². The molecule has 0 N–H and O–H groups in total. The summed E-state index contributed by atoms with van der Waals surface area (Å²) < 4.78 is 16.1. The van der Waals surface area contributed by atoms with Gasteiger partial charge in [0, 0.05) is 32.2 Å². The molecule has 2 aliphatic rings. The maximum atomic E-state index is 12.7. The molecule has 1 fully saturated rings. The number of hydrogen-bond donors (Lipinski definition) is 0. The molecule has 0 bridgehead atoms. The van der Waals surface area contributed by atoms with E-state index in [-0.39, 0.29) is 11.8 Å². The lowest BCUT2D eigenvalue weighted by atomic mass is 9.94. The Morgan fingerprint density at radius 1 is 1.14 bits per heavy atom. The van der Waals surface area contributed by atoms with Crippen LogP contribution < -0.4 is 9.47 Å². The van der Waals surface area contributed by atoms with E-state index in [1.54, 1.807) is 14.2 Å². The van der Waals surface area contributed by atoms with Gasteiger partial charge in [-0.2, -0.15) is 0 Å². The number of hydrogen-bond acceptors (Lipinski definition) is 4. The van der Waals surface area contributed by atoms with Crippen LogP contribution in [-0.2, 0) is 22.5 Å². The molecule has 2 aliphatic heterocycles. The molecule has 0 aliphatic carbocycles. The highest BCUT2D eigenvalue weighted by atomic mass is 16.5. The molecule has 0 atom stereocenters. The summed E-state index contributed by atoms with van der Waals surface area (Å²) >= 11 is 0. The number of nitrogens with zero attached hydrogens (tertiary/aromatic N) is 1. The van der Waals surface area contributed by atoms with Crippen molar-refractivity contribution in [1.82, 2.24) is 4.90 Å². The molecule has 0 saturated carbocycles. The molecular formula is C17H23NO4. The Hall–Kier alpha value is -1.75. The van der Waals surface area contributed by atoms with Crippen LogP contribution in [0.4, 0.5) is 0 Å². The van der Waals surface area contributed by atoms with Gasteiger partial charge in [-0.3, -0.25) is 4.79 Å². The van der Waals surface area contributed by atoms with Gasteiger partial charge >= 0.3 is 0 Å². The molecule has 0 radical (unpaired) electrons. The smallest absolute Gasteiger partial charge is 0.226 e. The van der Waals surface area contributed by atoms with Crippen molar-refractivity contribution < 1.29 is 19.0 Å². The number of amides is 1. The van der Waals surface area contributed by atoms with E-state index in [1.807, 2.05) is 17.0 Å². The minimum absolute atomic E-state index is 0.121. The van der Waals surface area contributed by atoms with E-state index in [4.69, 9.17) is 14.2 Å². The quantitative estimate of drug-likeness (QED) is 0.857. The first-order valence-corrected chi connectivity index (χ1v) is 7.83. The second-order valence-electron chi connectivity index (χ2n) is 5.87. The van der Waals surface area contributed by atoms with Gasteiger partial charge < -0.3 is 19.1 Å². The second-order valence-corrected chi connectivity index (χ2v) is 5.87. The van der Waals surface area contributed by atoms with Gasteiger partial charge in [0.1, 0.15) is 0 Å². The van der Waals surface area contributed by atoms with Gasteiger partial charge in [-0.05, 0) is 42.5 Å². The van der Waals surface area contributed by atoms with Crippen LogP contribution in [0.1, 0.15) is 24.0 Å². The fourth-order valence-electron chi connectivity index (χ4n) is 3.27. The van der Waals surface area contributed by atoms with Crippen molar-refractivity contribution in [2.45, 2.75) is 25.8 Å². The number of methoxy groups -OCH3 is 2. The van der Waals surface area contributed by atoms with E-state index in [0.717, 1.165) is 42.9 Å². The predicted octanol–water partition coefficient (Wildman–Crippen LogP) is 2.02. The highest BCUT2D eigenvalue weighted by Gasteiger charge is 2.29. The van der Waals surface area contributed by atoms with E-state index in [2.05, 4.69) is 0 Å². The summed E-state index contributed by atoms with van der Waals surface area (Å²) in [5.74, 6) is 1.87. The molecule has 1 aromatic rings. The SMILES string of the molecule is COc1cc2c(cc1OC)CN(C(=O)C1CCOCC1)CC2. The van der Waals surface area contributed by atoms with Crippen molar-refractivity contribution in [3.63, 3.8) is 0 Å². The Bertz CT molecular complexity index is 552. The first-order chi connectivity index (χ1) is 10.7. The lowest BCUT2D eigenvalue weighted by Crippen LogP contribution is -2.41. The number of benzene rings is 1. The minimum Gasteiger partial charge on any atom is -0.493 e. The van der Waals surface area contributed by atoms with Crippen LogP contribution >= 0.6 is 0 Å². The van der Waals surface area contributed by atoms with Crippen molar-refractivity contribution in [1.29, 1.82) is 0 Å². The van der Waals surface area contributed by atoms with Crippen molar-refractivity contribution >= 4 is 5.91 Å². The van der Waals surface area contributed by atoms with Crippen LogP contribution in [0, 0.1) is 5.92 Å². The summed E-state index contributed by atoms with van der Waals surface area (Å²) in [7, 11) is 3.28. The van der Waals surface area contributed by atoms with Gasteiger partial charge in [0.25, 0.3) is 0 Å². The molecule has 5 nitrogen and oxygen atoms in total. The molecule has 0 aromatic heterocycles. The molecule has 3 rings (SSSR count). The van der Waals surface area contributed by atoms with Gasteiger partial charge in [0.15, 0.2) is 11.5 Å². The molecule has 120 valence electrons. The van der Waals surface area contributed by atoms with Gasteiger partial charge in [0.05, 0.1) is 14.2 Å². The third-order valence-electron chi connectivity index (χ3n) is 4.60. The highest BCUT2D eigenvalue weighted by molar-refractivity contribution is 5.79.